The average Bonchev–Trinajstić information content (AvgIpc) is 2.30. The Labute approximate surface area is 135 Å². The van der Waals surface area contributed by atoms with Crippen LogP contribution >= 0.6 is 0 Å². The Morgan fingerprint density at radius 3 is 1.91 bits per heavy atom. The molecular formula is C16H32O5Si. The summed E-state index contributed by atoms with van der Waals surface area (Å²) in [6.45, 7) is 15.9. The van der Waals surface area contributed by atoms with Gasteiger partial charge in [0.05, 0.1) is 7.11 Å². The van der Waals surface area contributed by atoms with Gasteiger partial charge in [0.2, 0.25) is 0 Å². The lowest BCUT2D eigenvalue weighted by Crippen LogP contribution is -2.47. The summed E-state index contributed by atoms with van der Waals surface area (Å²) in [6, 6.07) is 0. The second-order valence-electron chi connectivity index (χ2n) is 8.02. The van der Waals surface area contributed by atoms with Crippen LogP contribution in [-0.4, -0.2) is 39.1 Å². The van der Waals surface area contributed by atoms with Crippen molar-refractivity contribution in [2.24, 2.45) is 0 Å². The second-order valence-corrected chi connectivity index (χ2v) is 12.8. The van der Waals surface area contributed by atoms with Gasteiger partial charge in [0.1, 0.15) is 11.7 Å². The highest BCUT2D eigenvalue weighted by molar-refractivity contribution is 6.74. The van der Waals surface area contributed by atoms with Crippen molar-refractivity contribution < 1.29 is 23.5 Å². The molecule has 0 aromatic rings. The van der Waals surface area contributed by atoms with Gasteiger partial charge >= 0.3 is 11.9 Å². The molecule has 0 amide bonds. The van der Waals surface area contributed by atoms with Gasteiger partial charge in [-0.2, -0.15) is 0 Å². The SMILES string of the molecule is COC(=O)CCC(O[Si](C)(C)C(C)(C)C)C(=O)OC(C)(C)C. The lowest BCUT2D eigenvalue weighted by atomic mass is 10.1. The van der Waals surface area contributed by atoms with E-state index in [2.05, 4.69) is 38.6 Å². The molecule has 0 aliphatic carbocycles. The molecule has 0 N–H and O–H groups in total. The molecule has 0 rings (SSSR count). The Bertz CT molecular complexity index is 390. The van der Waals surface area contributed by atoms with Gasteiger partial charge in [-0.3, -0.25) is 4.79 Å². The minimum absolute atomic E-state index is 0.0292. The molecule has 0 aromatic heterocycles. The first kappa shape index (κ1) is 21.1. The molecule has 0 aliphatic rings. The molecule has 22 heavy (non-hydrogen) atoms. The number of methoxy groups -OCH3 is 1. The number of hydrogen-bond donors (Lipinski definition) is 0. The number of rotatable bonds is 6. The molecule has 1 unspecified atom stereocenters. The lowest BCUT2D eigenvalue weighted by molar-refractivity contribution is -0.164. The van der Waals surface area contributed by atoms with Gasteiger partial charge in [-0.1, -0.05) is 20.8 Å². The molecule has 5 nitrogen and oxygen atoms in total. The van der Waals surface area contributed by atoms with Gasteiger partial charge in [-0.25, -0.2) is 4.79 Å². The number of hydrogen-bond acceptors (Lipinski definition) is 5. The molecule has 0 radical (unpaired) electrons. The molecule has 0 saturated carbocycles. The minimum atomic E-state index is -2.14. The first-order chi connectivity index (χ1) is 9.69. The van der Waals surface area contributed by atoms with Crippen molar-refractivity contribution in [1.29, 1.82) is 0 Å². The van der Waals surface area contributed by atoms with Gasteiger partial charge < -0.3 is 13.9 Å². The Morgan fingerprint density at radius 2 is 1.55 bits per heavy atom. The van der Waals surface area contributed by atoms with E-state index >= 15 is 0 Å². The Kier molecular flexibility index (Phi) is 7.29. The topological polar surface area (TPSA) is 61.8 Å². The highest BCUT2D eigenvalue weighted by Crippen LogP contribution is 2.38. The van der Waals surface area contributed by atoms with Crippen LogP contribution in [0.5, 0.6) is 0 Å². The van der Waals surface area contributed by atoms with Crippen molar-refractivity contribution in [1.82, 2.24) is 0 Å². The quantitative estimate of drug-likeness (QED) is 0.548. The van der Waals surface area contributed by atoms with Crippen LogP contribution in [0.3, 0.4) is 0 Å². The number of carbonyl (C=O) groups is 2. The normalized spacial score (nSPS) is 14.4. The van der Waals surface area contributed by atoms with E-state index < -0.39 is 26.0 Å². The summed E-state index contributed by atoms with van der Waals surface area (Å²) in [5.41, 5.74) is -0.586. The van der Waals surface area contributed by atoms with Crippen LogP contribution in [0.25, 0.3) is 0 Å². The summed E-state index contributed by atoms with van der Waals surface area (Å²) >= 11 is 0. The fourth-order valence-corrected chi connectivity index (χ4v) is 2.75. The van der Waals surface area contributed by atoms with E-state index in [1.165, 1.54) is 7.11 Å². The first-order valence-electron chi connectivity index (χ1n) is 7.67. The van der Waals surface area contributed by atoms with E-state index in [9.17, 15) is 9.59 Å². The molecule has 6 heteroatoms. The van der Waals surface area contributed by atoms with E-state index in [-0.39, 0.29) is 23.8 Å². The van der Waals surface area contributed by atoms with E-state index in [0.29, 0.717) is 0 Å². The van der Waals surface area contributed by atoms with Gasteiger partial charge in [0.25, 0.3) is 0 Å². The molecule has 0 spiro atoms. The predicted octanol–water partition coefficient (Wildman–Crippen LogP) is 3.67. The van der Waals surface area contributed by atoms with Crippen molar-refractivity contribution >= 4 is 20.3 Å². The average molecular weight is 333 g/mol. The van der Waals surface area contributed by atoms with Crippen LogP contribution in [0.4, 0.5) is 0 Å². The van der Waals surface area contributed by atoms with Gasteiger partial charge in [0, 0.05) is 6.42 Å². The van der Waals surface area contributed by atoms with Crippen LogP contribution in [0.15, 0.2) is 0 Å². The third-order valence-electron chi connectivity index (χ3n) is 3.75. The van der Waals surface area contributed by atoms with Crippen molar-refractivity contribution in [3.8, 4) is 0 Å². The summed E-state index contributed by atoms with van der Waals surface area (Å²) in [5.74, 6) is -0.770. The smallest absolute Gasteiger partial charge is 0.334 e. The molecule has 0 aliphatic heterocycles. The molecule has 0 heterocycles. The Morgan fingerprint density at radius 1 is 1.05 bits per heavy atom. The lowest BCUT2D eigenvalue weighted by Gasteiger charge is -2.39. The van der Waals surface area contributed by atoms with Crippen LogP contribution < -0.4 is 0 Å². The van der Waals surface area contributed by atoms with Crippen LogP contribution in [0.1, 0.15) is 54.4 Å². The second kappa shape index (κ2) is 7.59. The zero-order valence-corrected chi connectivity index (χ0v) is 16.5. The monoisotopic (exact) mass is 332 g/mol. The fraction of sp³-hybridized carbons (Fsp3) is 0.875. The van der Waals surface area contributed by atoms with Gasteiger partial charge in [-0.05, 0) is 45.3 Å². The largest absolute Gasteiger partial charge is 0.469 e. The molecular weight excluding hydrogens is 300 g/mol. The van der Waals surface area contributed by atoms with Gasteiger partial charge in [-0.15, -0.1) is 0 Å². The first-order valence-corrected chi connectivity index (χ1v) is 10.6. The molecule has 130 valence electrons. The maximum Gasteiger partial charge on any atom is 0.334 e. The summed E-state index contributed by atoms with van der Waals surface area (Å²) in [6.07, 6.45) is -0.331. The third-order valence-corrected chi connectivity index (χ3v) is 8.24. The Balaban J connectivity index is 5.09. The highest BCUT2D eigenvalue weighted by Gasteiger charge is 2.41. The van der Waals surface area contributed by atoms with Crippen molar-refractivity contribution in [2.75, 3.05) is 7.11 Å². The van der Waals surface area contributed by atoms with E-state index in [1.807, 2.05) is 20.8 Å². The molecule has 0 aromatic carbocycles. The van der Waals surface area contributed by atoms with E-state index in [4.69, 9.17) is 9.16 Å². The van der Waals surface area contributed by atoms with Crippen molar-refractivity contribution in [2.45, 2.75) is 84.2 Å². The molecule has 0 saturated heterocycles. The fourth-order valence-electron chi connectivity index (χ4n) is 1.48. The van der Waals surface area contributed by atoms with E-state index in [1.54, 1.807) is 0 Å². The standard InChI is InChI=1S/C16H32O5Si/c1-15(2,3)20-14(18)12(10-11-13(17)19-7)21-22(8,9)16(4,5)6/h12H,10-11H2,1-9H3. The molecule has 1 atom stereocenters. The summed E-state index contributed by atoms with van der Waals surface area (Å²) < 4.78 is 16.2. The van der Waals surface area contributed by atoms with Crippen molar-refractivity contribution in [3.63, 3.8) is 0 Å². The summed E-state index contributed by atoms with van der Waals surface area (Å²) in [7, 11) is -0.808. The van der Waals surface area contributed by atoms with Crippen LogP contribution in [0, 0.1) is 0 Å². The third kappa shape index (κ3) is 7.40. The maximum atomic E-state index is 12.4. The number of carbonyl (C=O) groups excluding carboxylic acids is 2. The highest BCUT2D eigenvalue weighted by atomic mass is 28.4. The molecule has 0 fully saturated rings. The zero-order valence-electron chi connectivity index (χ0n) is 15.5. The zero-order chi connectivity index (χ0) is 17.8. The summed E-state index contributed by atoms with van der Waals surface area (Å²) in [5, 5.41) is -0.0292. The Hall–Kier alpha value is -0.883. The number of ether oxygens (including phenoxy) is 2. The minimum Gasteiger partial charge on any atom is -0.469 e. The predicted molar refractivity (Wildman–Crippen MR) is 89.2 cm³/mol. The maximum absolute atomic E-state index is 12.4. The van der Waals surface area contributed by atoms with Crippen LogP contribution in [-0.2, 0) is 23.5 Å². The summed E-state index contributed by atoms with van der Waals surface area (Å²) in [4.78, 5) is 23.8. The van der Waals surface area contributed by atoms with Gasteiger partial charge in [0.15, 0.2) is 8.32 Å². The van der Waals surface area contributed by atoms with Crippen molar-refractivity contribution in [3.05, 3.63) is 0 Å². The number of esters is 2. The van der Waals surface area contributed by atoms with Crippen LogP contribution in [0.2, 0.25) is 18.1 Å². The molecule has 0 bridgehead atoms. The van der Waals surface area contributed by atoms with E-state index in [0.717, 1.165) is 0 Å².